The Morgan fingerprint density at radius 1 is 0.765 bits per heavy atom. The Kier molecular flexibility index (Phi) is 11.2. The van der Waals surface area contributed by atoms with Gasteiger partial charge in [0.25, 0.3) is 0 Å². The Morgan fingerprint density at radius 2 is 1.18 bits per heavy atom. The van der Waals surface area contributed by atoms with Crippen LogP contribution in [0.5, 0.6) is 17.2 Å². The molecule has 0 aliphatic carbocycles. The Morgan fingerprint density at radius 3 is 1.53 bits per heavy atom. The first kappa shape index (κ1) is 30.6. The number of ether oxygens (including phenoxy) is 3. The second kappa shape index (κ2) is 12.5. The molecule has 0 spiro atoms. The second-order valence-corrected chi connectivity index (χ2v) is 11.7. The van der Waals surface area contributed by atoms with E-state index in [-0.39, 0.29) is 56.7 Å². The maximum absolute atomic E-state index is 13.6. The van der Waals surface area contributed by atoms with E-state index in [4.69, 9.17) is 14.2 Å². The van der Waals surface area contributed by atoms with Gasteiger partial charge in [0.05, 0.1) is 23.6 Å². The summed E-state index contributed by atoms with van der Waals surface area (Å²) in [5.41, 5.74) is 4.16. The first-order chi connectivity index (χ1) is 15.2. The summed E-state index contributed by atoms with van der Waals surface area (Å²) in [4.78, 5) is 13.6. The Bertz CT molecular complexity index is 936. The third-order valence-corrected chi connectivity index (χ3v) is 6.22. The van der Waals surface area contributed by atoms with Gasteiger partial charge in [0.15, 0.2) is 5.52 Å². The van der Waals surface area contributed by atoms with Gasteiger partial charge < -0.3 is 14.2 Å². The van der Waals surface area contributed by atoms with Crippen LogP contribution in [0.15, 0.2) is 24.3 Å². The molecular formula is C28H42LiO4P. The number of rotatable bonds is 9. The topological polar surface area (TPSA) is 44.8 Å². The number of carbonyl (C=O) groups is 1. The fourth-order valence-electron chi connectivity index (χ4n) is 3.65. The van der Waals surface area contributed by atoms with Gasteiger partial charge in [0, 0.05) is 17.7 Å². The minimum absolute atomic E-state index is 0. The quantitative estimate of drug-likeness (QED) is 0.305. The van der Waals surface area contributed by atoms with E-state index in [2.05, 4.69) is 32.9 Å². The molecule has 0 aromatic heterocycles. The molecule has 0 aliphatic heterocycles. The van der Waals surface area contributed by atoms with E-state index >= 15 is 0 Å². The van der Waals surface area contributed by atoms with E-state index in [1.165, 1.54) is 5.56 Å². The summed E-state index contributed by atoms with van der Waals surface area (Å²) in [7, 11) is -0.124. The SMILES string of the molecule is Cc1cc(C(C)(C)C)cc(C)c1C(=O)Pc1c(OC(C)C)cc(OC(C)C)cc1OC(C)C.[LiH]. The molecule has 0 N–H and O–H groups in total. The van der Waals surface area contributed by atoms with Crippen LogP contribution in [0.1, 0.15) is 89.4 Å². The van der Waals surface area contributed by atoms with Crippen molar-refractivity contribution in [3.05, 3.63) is 46.5 Å². The molecule has 0 saturated heterocycles. The van der Waals surface area contributed by atoms with Crippen LogP contribution in [-0.2, 0) is 5.41 Å². The molecule has 1 atom stereocenters. The fraction of sp³-hybridized carbons (Fsp3) is 0.536. The van der Waals surface area contributed by atoms with Crippen molar-refractivity contribution in [3.63, 3.8) is 0 Å². The van der Waals surface area contributed by atoms with E-state index in [0.717, 1.165) is 22.0 Å². The molecule has 2 aromatic rings. The summed E-state index contributed by atoms with van der Waals surface area (Å²) in [6.07, 6.45) is -0.0656. The van der Waals surface area contributed by atoms with Gasteiger partial charge in [-0.1, -0.05) is 32.9 Å². The molecule has 6 heteroatoms. The zero-order valence-electron chi connectivity index (χ0n) is 22.2. The van der Waals surface area contributed by atoms with Crippen LogP contribution in [0.4, 0.5) is 0 Å². The number of aryl methyl sites for hydroxylation is 2. The van der Waals surface area contributed by atoms with Gasteiger partial charge in [-0.05, 0) is 86.1 Å². The summed E-state index contributed by atoms with van der Waals surface area (Å²) in [5.74, 6) is 1.97. The van der Waals surface area contributed by atoms with Gasteiger partial charge in [-0.25, -0.2) is 0 Å². The van der Waals surface area contributed by atoms with Crippen molar-refractivity contribution < 1.29 is 19.0 Å². The number of benzene rings is 2. The van der Waals surface area contributed by atoms with Gasteiger partial charge in [-0.2, -0.15) is 0 Å². The van der Waals surface area contributed by atoms with Crippen LogP contribution < -0.4 is 19.5 Å². The molecule has 0 heterocycles. The summed E-state index contributed by atoms with van der Waals surface area (Å²) in [6.45, 7) is 22.5. The van der Waals surface area contributed by atoms with Gasteiger partial charge >= 0.3 is 18.9 Å². The zero-order chi connectivity index (χ0) is 25.1. The summed E-state index contributed by atoms with van der Waals surface area (Å²) in [5, 5.41) is 0.789. The van der Waals surface area contributed by atoms with Crippen LogP contribution in [0, 0.1) is 13.8 Å². The Hall–Kier alpha value is -1.46. The van der Waals surface area contributed by atoms with Gasteiger partial charge in [0.2, 0.25) is 0 Å². The minimum atomic E-state index is -0.124. The predicted octanol–water partition coefficient (Wildman–Crippen LogP) is 6.46. The molecule has 0 saturated carbocycles. The van der Waals surface area contributed by atoms with E-state index in [9.17, 15) is 4.79 Å². The van der Waals surface area contributed by atoms with Crippen molar-refractivity contribution in [1.82, 2.24) is 0 Å². The predicted molar refractivity (Wildman–Crippen MR) is 148 cm³/mol. The van der Waals surface area contributed by atoms with Gasteiger partial charge in [-0.3, -0.25) is 4.79 Å². The molecule has 184 valence electrons. The number of hydrogen-bond donors (Lipinski definition) is 0. The Balaban J connectivity index is 0.00000578. The second-order valence-electron chi connectivity index (χ2n) is 10.5. The molecule has 0 amide bonds. The van der Waals surface area contributed by atoms with Gasteiger partial charge in [-0.15, -0.1) is 0 Å². The molecule has 0 fully saturated rings. The van der Waals surface area contributed by atoms with Crippen LogP contribution in [0.3, 0.4) is 0 Å². The molecule has 0 bridgehead atoms. The maximum atomic E-state index is 13.6. The first-order valence-electron chi connectivity index (χ1n) is 11.8. The van der Waals surface area contributed by atoms with E-state index in [1.807, 2.05) is 67.5 Å². The number of hydrogen-bond acceptors (Lipinski definition) is 4. The standard InChI is InChI=1S/C28H41O4P.Li.H/c1-16(2)30-22-14-23(31-17(3)4)26(24(15-22)32-18(5)6)33-27(29)25-19(7)12-21(13-20(25)8)28(9,10)11;;/h12-18,33H,1-11H3;;. The summed E-state index contributed by atoms with van der Waals surface area (Å²) < 4.78 is 18.2. The molecule has 2 rings (SSSR count). The van der Waals surface area contributed by atoms with E-state index < -0.39 is 0 Å². The third kappa shape index (κ3) is 8.33. The Labute approximate surface area is 220 Å². The van der Waals surface area contributed by atoms with Crippen molar-refractivity contribution in [3.8, 4) is 17.2 Å². The summed E-state index contributed by atoms with van der Waals surface area (Å²) in [6, 6.07) is 8.04. The normalized spacial score (nSPS) is 11.9. The third-order valence-electron chi connectivity index (χ3n) is 5.00. The van der Waals surface area contributed by atoms with Crippen molar-refractivity contribution >= 4 is 38.3 Å². The van der Waals surface area contributed by atoms with Crippen molar-refractivity contribution in [2.45, 2.75) is 99.9 Å². The van der Waals surface area contributed by atoms with Crippen LogP contribution in [0.2, 0.25) is 0 Å². The van der Waals surface area contributed by atoms with E-state index in [0.29, 0.717) is 17.2 Å². The molecule has 2 aromatic carbocycles. The fourth-order valence-corrected chi connectivity index (χ4v) is 4.91. The van der Waals surface area contributed by atoms with Gasteiger partial charge in [0.1, 0.15) is 17.2 Å². The zero-order valence-corrected chi connectivity index (χ0v) is 23.2. The molecule has 0 aliphatic rings. The van der Waals surface area contributed by atoms with E-state index in [1.54, 1.807) is 0 Å². The van der Waals surface area contributed by atoms with Crippen LogP contribution in [-0.4, -0.2) is 42.7 Å². The molecule has 0 radical (unpaired) electrons. The molecule has 34 heavy (non-hydrogen) atoms. The monoisotopic (exact) mass is 480 g/mol. The molecule has 4 nitrogen and oxygen atoms in total. The van der Waals surface area contributed by atoms with Crippen LogP contribution in [0.25, 0.3) is 0 Å². The summed E-state index contributed by atoms with van der Waals surface area (Å²) >= 11 is 0. The van der Waals surface area contributed by atoms with Crippen molar-refractivity contribution in [2.75, 3.05) is 0 Å². The average Bonchev–Trinajstić information content (AvgIpc) is 2.61. The van der Waals surface area contributed by atoms with Crippen molar-refractivity contribution in [2.24, 2.45) is 0 Å². The first-order valence-corrected chi connectivity index (χ1v) is 12.8. The molecular weight excluding hydrogens is 438 g/mol. The number of carbonyl (C=O) groups excluding carboxylic acids is 1. The van der Waals surface area contributed by atoms with Crippen LogP contribution >= 0.6 is 8.58 Å². The average molecular weight is 481 g/mol. The molecule has 1 unspecified atom stereocenters. The van der Waals surface area contributed by atoms with Crippen molar-refractivity contribution in [1.29, 1.82) is 0 Å².